The van der Waals surface area contributed by atoms with E-state index in [4.69, 9.17) is 0 Å². The Bertz CT molecular complexity index is 336. The molecule has 3 nitrogen and oxygen atoms in total. The third kappa shape index (κ3) is 4.45. The number of nitrogens with one attached hydrogen (secondary N) is 1. The Labute approximate surface area is 112 Å². The van der Waals surface area contributed by atoms with Crippen LogP contribution in [0.15, 0.2) is 12.4 Å². The monoisotopic (exact) mass is 251 g/mol. The molecule has 1 aromatic heterocycles. The van der Waals surface area contributed by atoms with Gasteiger partial charge in [0.15, 0.2) is 0 Å². The molecule has 0 aromatic carbocycles. The van der Waals surface area contributed by atoms with E-state index in [1.54, 1.807) is 0 Å². The summed E-state index contributed by atoms with van der Waals surface area (Å²) >= 11 is 0. The van der Waals surface area contributed by atoms with Gasteiger partial charge in [-0.05, 0) is 24.8 Å². The van der Waals surface area contributed by atoms with Crippen molar-refractivity contribution >= 4 is 0 Å². The normalized spacial score (nSPS) is 13.8. The van der Waals surface area contributed by atoms with Crippen molar-refractivity contribution < 1.29 is 0 Å². The second-order valence-electron chi connectivity index (χ2n) is 6.11. The Balaban J connectivity index is 2.72. The van der Waals surface area contributed by atoms with Crippen LogP contribution in [0, 0.1) is 5.41 Å². The van der Waals surface area contributed by atoms with Crippen LogP contribution >= 0.6 is 0 Å². The zero-order valence-corrected chi connectivity index (χ0v) is 12.7. The Morgan fingerprint density at radius 1 is 1.28 bits per heavy atom. The molecular formula is C15H29N3. The number of hydrogen-bond donors (Lipinski definition) is 1. The van der Waals surface area contributed by atoms with E-state index in [0.717, 1.165) is 25.9 Å². The predicted octanol–water partition coefficient (Wildman–Crippen LogP) is 3.25. The molecule has 0 saturated carbocycles. The van der Waals surface area contributed by atoms with Gasteiger partial charge in [-0.15, -0.1) is 0 Å². The van der Waals surface area contributed by atoms with E-state index in [2.05, 4.69) is 55.7 Å². The van der Waals surface area contributed by atoms with Gasteiger partial charge in [0.25, 0.3) is 0 Å². The number of hydrogen-bond acceptors (Lipinski definition) is 2. The Morgan fingerprint density at radius 3 is 2.56 bits per heavy atom. The first-order valence-corrected chi connectivity index (χ1v) is 7.22. The fraction of sp³-hybridized carbons (Fsp3) is 0.800. The second kappa shape index (κ2) is 6.93. The highest BCUT2D eigenvalue weighted by Crippen LogP contribution is 2.22. The van der Waals surface area contributed by atoms with E-state index < -0.39 is 0 Å². The van der Waals surface area contributed by atoms with Crippen molar-refractivity contribution in [3.63, 3.8) is 0 Å². The number of aryl methyl sites for hydroxylation is 1. The van der Waals surface area contributed by atoms with E-state index >= 15 is 0 Å². The van der Waals surface area contributed by atoms with Gasteiger partial charge in [0.2, 0.25) is 0 Å². The lowest BCUT2D eigenvalue weighted by molar-refractivity contribution is 0.261. The summed E-state index contributed by atoms with van der Waals surface area (Å²) in [6.45, 7) is 13.5. The summed E-state index contributed by atoms with van der Waals surface area (Å²) in [7, 11) is 0. The van der Waals surface area contributed by atoms with E-state index in [0.29, 0.717) is 6.04 Å². The first kappa shape index (κ1) is 15.2. The molecule has 1 heterocycles. The molecule has 0 bridgehead atoms. The first-order valence-electron chi connectivity index (χ1n) is 7.22. The molecule has 0 amide bonds. The van der Waals surface area contributed by atoms with E-state index in [-0.39, 0.29) is 5.41 Å². The fourth-order valence-electron chi connectivity index (χ4n) is 2.16. The van der Waals surface area contributed by atoms with Crippen molar-refractivity contribution in [2.75, 3.05) is 6.54 Å². The van der Waals surface area contributed by atoms with Gasteiger partial charge in [-0.3, -0.25) is 0 Å². The molecule has 1 N–H and O–H groups in total. The summed E-state index contributed by atoms with van der Waals surface area (Å²) in [4.78, 5) is 4.52. The average Bonchev–Trinajstić information content (AvgIpc) is 2.71. The lowest BCUT2D eigenvalue weighted by atomic mass is 9.84. The highest BCUT2D eigenvalue weighted by molar-refractivity contribution is 4.98. The predicted molar refractivity (Wildman–Crippen MR) is 77.8 cm³/mol. The van der Waals surface area contributed by atoms with Gasteiger partial charge >= 0.3 is 0 Å². The molecule has 1 unspecified atom stereocenters. The number of rotatable bonds is 7. The van der Waals surface area contributed by atoms with Crippen molar-refractivity contribution in [3.05, 3.63) is 18.2 Å². The van der Waals surface area contributed by atoms with Gasteiger partial charge in [0.1, 0.15) is 5.82 Å². The van der Waals surface area contributed by atoms with Crippen LogP contribution < -0.4 is 5.32 Å². The zero-order valence-electron chi connectivity index (χ0n) is 12.7. The summed E-state index contributed by atoms with van der Waals surface area (Å²) in [5.41, 5.74) is 0.262. The van der Waals surface area contributed by atoms with Crippen molar-refractivity contribution in [2.24, 2.45) is 5.41 Å². The molecule has 0 radical (unpaired) electrons. The standard InChI is InChI=1S/C15H29N3/c1-6-8-16-13(15(3,4)5)12-14-17-9-11-18(14)10-7-2/h9,11,13,16H,6-8,10,12H2,1-5H3. The van der Waals surface area contributed by atoms with Crippen molar-refractivity contribution in [3.8, 4) is 0 Å². The summed E-state index contributed by atoms with van der Waals surface area (Å²) in [5, 5.41) is 3.66. The summed E-state index contributed by atoms with van der Waals surface area (Å²) in [6, 6.07) is 0.482. The summed E-state index contributed by atoms with van der Waals surface area (Å²) in [5.74, 6) is 1.21. The van der Waals surface area contributed by atoms with Crippen LogP contribution in [0.2, 0.25) is 0 Å². The van der Waals surface area contributed by atoms with Gasteiger partial charge < -0.3 is 9.88 Å². The lowest BCUT2D eigenvalue weighted by Crippen LogP contribution is -2.42. The molecule has 0 spiro atoms. The van der Waals surface area contributed by atoms with Crippen molar-refractivity contribution in [1.29, 1.82) is 0 Å². The van der Waals surface area contributed by atoms with Crippen LogP contribution in [-0.2, 0) is 13.0 Å². The van der Waals surface area contributed by atoms with Crippen LogP contribution in [-0.4, -0.2) is 22.1 Å². The van der Waals surface area contributed by atoms with Crippen molar-refractivity contribution in [1.82, 2.24) is 14.9 Å². The van der Waals surface area contributed by atoms with Gasteiger partial charge in [-0.25, -0.2) is 4.98 Å². The number of imidazole rings is 1. The Morgan fingerprint density at radius 2 is 2.00 bits per heavy atom. The molecule has 104 valence electrons. The third-order valence-electron chi connectivity index (χ3n) is 3.34. The highest BCUT2D eigenvalue weighted by atomic mass is 15.1. The molecule has 3 heteroatoms. The minimum Gasteiger partial charge on any atom is -0.335 e. The topological polar surface area (TPSA) is 29.9 Å². The molecule has 1 rings (SSSR count). The smallest absolute Gasteiger partial charge is 0.110 e. The second-order valence-corrected chi connectivity index (χ2v) is 6.11. The lowest BCUT2D eigenvalue weighted by Gasteiger charge is -2.31. The fourth-order valence-corrected chi connectivity index (χ4v) is 2.16. The van der Waals surface area contributed by atoms with Gasteiger partial charge in [0, 0.05) is 31.4 Å². The molecule has 18 heavy (non-hydrogen) atoms. The van der Waals surface area contributed by atoms with Crippen LogP contribution in [0.5, 0.6) is 0 Å². The highest BCUT2D eigenvalue weighted by Gasteiger charge is 2.25. The van der Waals surface area contributed by atoms with Gasteiger partial charge in [-0.2, -0.15) is 0 Å². The van der Waals surface area contributed by atoms with Gasteiger partial charge in [-0.1, -0.05) is 34.6 Å². The van der Waals surface area contributed by atoms with Gasteiger partial charge in [0.05, 0.1) is 0 Å². The minimum absolute atomic E-state index is 0.262. The summed E-state index contributed by atoms with van der Waals surface area (Å²) < 4.78 is 2.28. The maximum atomic E-state index is 4.52. The van der Waals surface area contributed by atoms with Crippen LogP contribution in [0.1, 0.15) is 53.3 Å². The summed E-state index contributed by atoms with van der Waals surface area (Å²) in [6.07, 6.45) is 7.36. The average molecular weight is 251 g/mol. The Hall–Kier alpha value is -0.830. The molecular weight excluding hydrogens is 222 g/mol. The maximum Gasteiger partial charge on any atom is 0.110 e. The SMILES string of the molecule is CCCNC(Cc1nccn1CCC)C(C)(C)C. The minimum atomic E-state index is 0.262. The molecule has 0 fully saturated rings. The molecule has 0 aliphatic rings. The Kier molecular flexibility index (Phi) is 5.86. The van der Waals surface area contributed by atoms with E-state index in [9.17, 15) is 0 Å². The van der Waals surface area contributed by atoms with Crippen LogP contribution in [0.3, 0.4) is 0 Å². The first-order chi connectivity index (χ1) is 8.49. The third-order valence-corrected chi connectivity index (χ3v) is 3.34. The van der Waals surface area contributed by atoms with E-state index in [1.165, 1.54) is 12.2 Å². The quantitative estimate of drug-likeness (QED) is 0.806. The number of nitrogens with zero attached hydrogens (tertiary/aromatic N) is 2. The van der Waals surface area contributed by atoms with Crippen LogP contribution in [0.4, 0.5) is 0 Å². The molecule has 1 aromatic rings. The zero-order chi connectivity index (χ0) is 13.6. The largest absolute Gasteiger partial charge is 0.335 e. The molecule has 0 aliphatic heterocycles. The molecule has 0 saturated heterocycles. The number of aromatic nitrogens is 2. The maximum absolute atomic E-state index is 4.52. The van der Waals surface area contributed by atoms with E-state index in [1.807, 2.05) is 6.20 Å². The van der Waals surface area contributed by atoms with Crippen molar-refractivity contribution in [2.45, 2.75) is 66.5 Å². The molecule has 0 aliphatic carbocycles. The molecule has 1 atom stereocenters. The van der Waals surface area contributed by atoms with Crippen LogP contribution in [0.25, 0.3) is 0 Å².